The summed E-state index contributed by atoms with van der Waals surface area (Å²) in [6, 6.07) is 3.31. The molecular formula is C12H2B7Br. The summed E-state index contributed by atoms with van der Waals surface area (Å²) in [5.74, 6) is 0. The molecule has 0 aromatic heterocycles. The Labute approximate surface area is 136 Å². The molecule has 0 atom stereocenters. The summed E-state index contributed by atoms with van der Waals surface area (Å²) >= 11 is 3.33. The van der Waals surface area contributed by atoms with E-state index in [-0.39, 0.29) is 27.3 Å². The maximum absolute atomic E-state index is 6.00. The minimum Gasteiger partial charge on any atom is -0.112 e. The molecule has 0 nitrogen and oxygen atoms in total. The Balaban J connectivity index is 2.87. The molecule has 0 spiro atoms. The van der Waals surface area contributed by atoms with Gasteiger partial charge in [-0.3, -0.25) is 0 Å². The predicted molar refractivity (Wildman–Crippen MR) is 97.3 cm³/mol. The van der Waals surface area contributed by atoms with E-state index < -0.39 is 0 Å². The number of halogens is 1. The van der Waals surface area contributed by atoms with Gasteiger partial charge >= 0.3 is 0 Å². The van der Waals surface area contributed by atoms with Crippen molar-refractivity contribution in [2.24, 2.45) is 0 Å². The molecule has 2 aromatic rings. The lowest BCUT2D eigenvalue weighted by Crippen LogP contribution is -2.55. The van der Waals surface area contributed by atoms with E-state index in [0.29, 0.717) is 26.5 Å². The van der Waals surface area contributed by atoms with Crippen LogP contribution in [0.5, 0.6) is 0 Å². The first-order chi connectivity index (χ1) is 9.25. The molecule has 8 heteroatoms. The van der Waals surface area contributed by atoms with E-state index in [1.54, 1.807) is 12.1 Å². The van der Waals surface area contributed by atoms with Crippen molar-refractivity contribution in [2.75, 3.05) is 0 Å². The van der Waals surface area contributed by atoms with Crippen molar-refractivity contribution in [3.05, 3.63) is 16.6 Å². The summed E-state index contributed by atoms with van der Waals surface area (Å²) in [6.07, 6.45) is 0. The van der Waals surface area contributed by atoms with Crippen LogP contribution in [0.4, 0.5) is 0 Å². The number of hydrogen-bond donors (Lipinski definition) is 0. The first kappa shape index (κ1) is 15.8. The van der Waals surface area contributed by atoms with Crippen molar-refractivity contribution >= 4 is 109 Å². The van der Waals surface area contributed by atoms with Crippen molar-refractivity contribution in [3.63, 3.8) is 0 Å². The summed E-state index contributed by atoms with van der Waals surface area (Å²) < 4.78 is 0.662. The van der Waals surface area contributed by atoms with Gasteiger partial charge in [0.05, 0.1) is 0 Å². The fourth-order valence-corrected chi connectivity index (χ4v) is 2.31. The van der Waals surface area contributed by atoms with Gasteiger partial charge in [0.15, 0.2) is 0 Å². The van der Waals surface area contributed by atoms with Crippen molar-refractivity contribution in [3.8, 4) is 11.1 Å². The highest BCUT2D eigenvalue weighted by Gasteiger charge is 2.14. The van der Waals surface area contributed by atoms with Crippen LogP contribution < -0.4 is 38.2 Å². The Kier molecular flexibility index (Phi) is 4.44. The Hall–Kier alpha value is -0.625. The third-order valence-electron chi connectivity index (χ3n) is 3.14. The monoisotopic (exact) mass is 302 g/mol. The molecule has 2 rings (SSSR count). The average molecular weight is 302 g/mol. The van der Waals surface area contributed by atoms with E-state index >= 15 is 0 Å². The summed E-state index contributed by atoms with van der Waals surface area (Å²) in [6.45, 7) is 0. The topological polar surface area (TPSA) is 0 Å². The van der Waals surface area contributed by atoms with Crippen LogP contribution in [0, 0.1) is 0 Å². The molecule has 0 aliphatic rings. The molecule has 0 amide bonds. The van der Waals surface area contributed by atoms with Gasteiger partial charge in [-0.2, -0.15) is 0 Å². The first-order valence-corrected chi connectivity index (χ1v) is 6.41. The lowest BCUT2D eigenvalue weighted by molar-refractivity contribution is 1.73. The molecule has 14 radical (unpaired) electrons. The third-order valence-corrected chi connectivity index (χ3v) is 3.82. The Morgan fingerprint density at radius 2 is 1.05 bits per heavy atom. The van der Waals surface area contributed by atoms with E-state index in [0.717, 1.165) is 0 Å². The second kappa shape index (κ2) is 5.63. The first-order valence-electron chi connectivity index (χ1n) is 5.61. The van der Waals surface area contributed by atoms with Crippen LogP contribution in [0.3, 0.4) is 0 Å². The lowest BCUT2D eigenvalue weighted by Gasteiger charge is -2.23. The van der Waals surface area contributed by atoms with E-state index in [1.165, 1.54) is 0 Å². The van der Waals surface area contributed by atoms with Crippen LogP contribution in [-0.4, -0.2) is 54.9 Å². The van der Waals surface area contributed by atoms with E-state index in [9.17, 15) is 0 Å². The van der Waals surface area contributed by atoms with E-state index in [4.69, 9.17) is 54.9 Å². The van der Waals surface area contributed by atoms with Gasteiger partial charge in [0.2, 0.25) is 0 Å². The smallest absolute Gasteiger partial charge is 0.112 e. The zero-order chi connectivity index (χ0) is 15.2. The quantitative estimate of drug-likeness (QED) is 0.468. The van der Waals surface area contributed by atoms with Crippen LogP contribution >= 0.6 is 15.9 Å². The molecular weight excluding hydrogens is 300 g/mol. The maximum Gasteiger partial charge on any atom is 0.115 e. The molecule has 0 saturated heterocycles. The highest BCUT2D eigenvalue weighted by atomic mass is 79.9. The minimum atomic E-state index is 0.164. The normalized spacial score (nSPS) is 10.7. The standard InChI is InChI=1S/C12H2B7Br/c13-4-2-5(14)6(20)1-3(4)7-8(15)10(17)12(19)11(18)9(7)16/h1-2H. The summed E-state index contributed by atoms with van der Waals surface area (Å²) in [5.41, 5.74) is 2.93. The van der Waals surface area contributed by atoms with Gasteiger partial charge in [-0.25, -0.2) is 0 Å². The summed E-state index contributed by atoms with van der Waals surface area (Å²) in [7, 11) is 41.2. The molecule has 0 aliphatic carbocycles. The molecule has 0 N–H and O–H groups in total. The molecule has 0 unspecified atom stereocenters. The molecule has 2 aromatic carbocycles. The lowest BCUT2D eigenvalue weighted by atomic mass is 9.59. The maximum atomic E-state index is 6.00. The molecule has 0 saturated carbocycles. The van der Waals surface area contributed by atoms with E-state index in [2.05, 4.69) is 15.9 Å². The number of hydrogen-bond acceptors (Lipinski definition) is 0. The van der Waals surface area contributed by atoms with Gasteiger partial charge < -0.3 is 0 Å². The van der Waals surface area contributed by atoms with Gasteiger partial charge in [0, 0.05) is 4.47 Å². The minimum absolute atomic E-state index is 0.164. The molecule has 20 heavy (non-hydrogen) atoms. The van der Waals surface area contributed by atoms with Gasteiger partial charge in [-0.1, -0.05) is 43.8 Å². The number of benzene rings is 2. The number of rotatable bonds is 1. The molecule has 0 bridgehead atoms. The average Bonchev–Trinajstić information content (AvgIpc) is 2.40. The fraction of sp³-hybridized carbons (Fsp3) is 0. The van der Waals surface area contributed by atoms with Gasteiger partial charge in [-0.05, 0) is 17.2 Å². The SMILES string of the molecule is [B]c1cc([B])c(-c2c([B])c([B])c([B])c([B])c2[B])cc1Br. The molecule has 78 valence electrons. The van der Waals surface area contributed by atoms with Crippen LogP contribution in [0.2, 0.25) is 0 Å². The van der Waals surface area contributed by atoms with Crippen molar-refractivity contribution in [2.45, 2.75) is 0 Å². The largest absolute Gasteiger partial charge is 0.115 e. The van der Waals surface area contributed by atoms with E-state index in [1.807, 2.05) is 0 Å². The summed E-state index contributed by atoms with van der Waals surface area (Å²) in [4.78, 5) is 0. The van der Waals surface area contributed by atoms with Gasteiger partial charge in [0.1, 0.15) is 54.9 Å². The van der Waals surface area contributed by atoms with Crippen molar-refractivity contribution in [1.29, 1.82) is 0 Å². The van der Waals surface area contributed by atoms with Crippen LogP contribution in [0.15, 0.2) is 16.6 Å². The Morgan fingerprint density at radius 1 is 0.600 bits per heavy atom. The van der Waals surface area contributed by atoms with Gasteiger partial charge in [-0.15, -0.1) is 16.4 Å². The highest BCUT2D eigenvalue weighted by Crippen LogP contribution is 2.15. The molecule has 0 fully saturated rings. The zero-order valence-corrected chi connectivity index (χ0v) is 12.2. The van der Waals surface area contributed by atoms with Gasteiger partial charge in [0.25, 0.3) is 0 Å². The highest BCUT2D eigenvalue weighted by molar-refractivity contribution is 9.10. The summed E-state index contributed by atoms with van der Waals surface area (Å²) in [5, 5.41) is 0. The second-order valence-corrected chi connectivity index (χ2v) is 5.26. The van der Waals surface area contributed by atoms with Crippen LogP contribution in [0.1, 0.15) is 0 Å². The van der Waals surface area contributed by atoms with Crippen molar-refractivity contribution < 1.29 is 0 Å². The van der Waals surface area contributed by atoms with Crippen molar-refractivity contribution in [1.82, 2.24) is 0 Å². The predicted octanol–water partition coefficient (Wildman–Crippen LogP) is -4.33. The Morgan fingerprint density at radius 3 is 1.55 bits per heavy atom. The van der Waals surface area contributed by atoms with Crippen LogP contribution in [-0.2, 0) is 0 Å². The Bertz CT molecular complexity index is 683. The van der Waals surface area contributed by atoms with Crippen LogP contribution in [0.25, 0.3) is 11.1 Å². The molecule has 0 heterocycles. The zero-order valence-electron chi connectivity index (χ0n) is 10.6. The molecule has 0 aliphatic heterocycles. The second-order valence-electron chi connectivity index (χ2n) is 4.40. The fourth-order valence-electron chi connectivity index (χ4n) is 1.96. The third kappa shape index (κ3) is 2.48.